The first-order valence-electron chi connectivity index (χ1n) is 7.45. The first-order chi connectivity index (χ1) is 9.63. The summed E-state index contributed by atoms with van der Waals surface area (Å²) in [5.41, 5.74) is 7.06. The lowest BCUT2D eigenvalue weighted by atomic mass is 10.00. The highest BCUT2D eigenvalue weighted by atomic mass is 35.5. The minimum absolute atomic E-state index is 0.0959. The van der Waals surface area contributed by atoms with E-state index in [1.165, 1.54) is 12.8 Å². The topological polar surface area (TPSA) is 55.1 Å². The molecule has 0 aliphatic heterocycles. The normalized spacial score (nSPS) is 27.3. The lowest BCUT2D eigenvalue weighted by molar-refractivity contribution is -0.125. The van der Waals surface area contributed by atoms with Crippen LogP contribution < -0.4 is 11.1 Å². The molecule has 108 valence electrons. The number of carbonyl (C=O) groups is 1. The Morgan fingerprint density at radius 2 is 1.90 bits per heavy atom. The van der Waals surface area contributed by atoms with Crippen molar-refractivity contribution < 1.29 is 4.79 Å². The van der Waals surface area contributed by atoms with Crippen molar-refractivity contribution in [3.05, 3.63) is 34.9 Å². The summed E-state index contributed by atoms with van der Waals surface area (Å²) in [5.74, 6) is 0.846. The van der Waals surface area contributed by atoms with Gasteiger partial charge in [0.1, 0.15) is 0 Å². The predicted molar refractivity (Wildman–Crippen MR) is 80.4 cm³/mol. The van der Waals surface area contributed by atoms with E-state index in [-0.39, 0.29) is 23.9 Å². The molecule has 0 spiro atoms. The fourth-order valence-electron chi connectivity index (χ4n) is 3.10. The zero-order valence-corrected chi connectivity index (χ0v) is 12.3. The number of rotatable bonds is 4. The van der Waals surface area contributed by atoms with Gasteiger partial charge in [0.15, 0.2) is 0 Å². The maximum absolute atomic E-state index is 12.4. The van der Waals surface area contributed by atoms with Crippen LogP contribution in [0.25, 0.3) is 0 Å². The van der Waals surface area contributed by atoms with E-state index >= 15 is 0 Å². The van der Waals surface area contributed by atoms with Gasteiger partial charge in [-0.05, 0) is 55.7 Å². The second kappa shape index (κ2) is 5.74. The molecule has 3 atom stereocenters. The highest BCUT2D eigenvalue weighted by molar-refractivity contribution is 6.30. The van der Waals surface area contributed by atoms with Gasteiger partial charge in [0.25, 0.3) is 0 Å². The van der Waals surface area contributed by atoms with E-state index in [0.717, 1.165) is 29.8 Å². The zero-order valence-electron chi connectivity index (χ0n) is 11.5. The molecule has 3 nitrogen and oxygen atoms in total. The molecule has 0 aromatic heterocycles. The summed E-state index contributed by atoms with van der Waals surface area (Å²) < 4.78 is 0. The highest BCUT2D eigenvalue weighted by Crippen LogP contribution is 2.41. The molecule has 2 fully saturated rings. The average molecular weight is 293 g/mol. The van der Waals surface area contributed by atoms with E-state index in [1.807, 2.05) is 24.3 Å². The van der Waals surface area contributed by atoms with E-state index in [2.05, 4.69) is 5.32 Å². The second-order valence-electron chi connectivity index (χ2n) is 6.15. The van der Waals surface area contributed by atoms with Gasteiger partial charge in [0.2, 0.25) is 5.91 Å². The van der Waals surface area contributed by atoms with Gasteiger partial charge in [-0.25, -0.2) is 0 Å². The number of nitrogens with two attached hydrogens (primary N) is 1. The van der Waals surface area contributed by atoms with Crippen LogP contribution in [-0.4, -0.2) is 11.9 Å². The van der Waals surface area contributed by atoms with Crippen molar-refractivity contribution in [1.29, 1.82) is 0 Å². The van der Waals surface area contributed by atoms with Crippen molar-refractivity contribution in [1.82, 2.24) is 5.32 Å². The van der Waals surface area contributed by atoms with E-state index in [4.69, 9.17) is 17.3 Å². The Morgan fingerprint density at radius 1 is 1.20 bits per heavy atom. The van der Waals surface area contributed by atoms with Gasteiger partial charge in [0, 0.05) is 17.0 Å². The highest BCUT2D eigenvalue weighted by Gasteiger charge is 2.36. The summed E-state index contributed by atoms with van der Waals surface area (Å²) in [4.78, 5) is 12.4. The molecule has 1 aromatic rings. The van der Waals surface area contributed by atoms with Crippen LogP contribution in [0.2, 0.25) is 5.02 Å². The number of halogens is 1. The summed E-state index contributed by atoms with van der Waals surface area (Å²) in [6.45, 7) is 0. The number of carbonyl (C=O) groups excluding carboxylic acids is 1. The molecule has 0 bridgehead atoms. The van der Waals surface area contributed by atoms with Crippen LogP contribution in [0.5, 0.6) is 0 Å². The number of hydrogen-bond acceptors (Lipinski definition) is 2. The molecule has 2 aliphatic carbocycles. The van der Waals surface area contributed by atoms with Crippen molar-refractivity contribution >= 4 is 17.5 Å². The fraction of sp³-hybridized carbons (Fsp3) is 0.562. The van der Waals surface area contributed by atoms with E-state index in [1.54, 1.807) is 0 Å². The Morgan fingerprint density at radius 3 is 2.45 bits per heavy atom. The Bertz CT molecular complexity index is 484. The smallest absolute Gasteiger partial charge is 0.223 e. The maximum atomic E-state index is 12.4. The molecule has 1 amide bonds. The van der Waals surface area contributed by atoms with Crippen LogP contribution in [0.1, 0.15) is 43.7 Å². The minimum atomic E-state index is 0.0959. The second-order valence-corrected chi connectivity index (χ2v) is 6.58. The molecule has 20 heavy (non-hydrogen) atoms. The van der Waals surface area contributed by atoms with Gasteiger partial charge in [-0.1, -0.05) is 23.7 Å². The molecule has 1 aromatic carbocycles. The van der Waals surface area contributed by atoms with Gasteiger partial charge in [-0.2, -0.15) is 0 Å². The quantitative estimate of drug-likeness (QED) is 0.896. The molecule has 3 unspecified atom stereocenters. The van der Waals surface area contributed by atoms with Crippen molar-refractivity contribution in [2.75, 3.05) is 0 Å². The van der Waals surface area contributed by atoms with Crippen molar-refractivity contribution in [3.63, 3.8) is 0 Å². The molecule has 0 heterocycles. The van der Waals surface area contributed by atoms with E-state index < -0.39 is 0 Å². The average Bonchev–Trinajstić information content (AvgIpc) is 3.18. The summed E-state index contributed by atoms with van der Waals surface area (Å²) in [6, 6.07) is 8.16. The lowest BCUT2D eigenvalue weighted by Crippen LogP contribution is -2.34. The molecule has 4 heteroatoms. The van der Waals surface area contributed by atoms with E-state index in [9.17, 15) is 4.79 Å². The van der Waals surface area contributed by atoms with Crippen molar-refractivity contribution in [2.24, 2.45) is 17.6 Å². The summed E-state index contributed by atoms with van der Waals surface area (Å²) in [7, 11) is 0. The van der Waals surface area contributed by atoms with Gasteiger partial charge in [0.05, 0.1) is 6.04 Å². The first-order valence-corrected chi connectivity index (χ1v) is 7.82. The molecular weight excluding hydrogens is 272 g/mol. The zero-order chi connectivity index (χ0) is 14.1. The van der Waals surface area contributed by atoms with Gasteiger partial charge < -0.3 is 11.1 Å². The number of amides is 1. The van der Waals surface area contributed by atoms with Crippen LogP contribution in [0.3, 0.4) is 0 Å². The maximum Gasteiger partial charge on any atom is 0.223 e. The van der Waals surface area contributed by atoms with Crippen LogP contribution in [0.15, 0.2) is 24.3 Å². The Kier molecular flexibility index (Phi) is 3.99. The van der Waals surface area contributed by atoms with Crippen LogP contribution in [-0.2, 0) is 4.79 Å². The van der Waals surface area contributed by atoms with Crippen LogP contribution in [0, 0.1) is 11.8 Å². The van der Waals surface area contributed by atoms with Gasteiger partial charge in [-0.3, -0.25) is 4.79 Å². The Labute approximate surface area is 124 Å². The third-order valence-corrected chi connectivity index (χ3v) is 4.72. The van der Waals surface area contributed by atoms with Crippen molar-refractivity contribution in [3.8, 4) is 0 Å². The number of nitrogens with one attached hydrogen (secondary N) is 1. The lowest BCUT2D eigenvalue weighted by Gasteiger charge is -2.21. The predicted octanol–water partition coefficient (Wildman–Crippen LogP) is 3.03. The largest absolute Gasteiger partial charge is 0.349 e. The minimum Gasteiger partial charge on any atom is -0.349 e. The third kappa shape index (κ3) is 3.15. The molecule has 2 aliphatic rings. The Balaban J connectivity index is 1.68. The molecular formula is C16H21ClN2O. The number of benzene rings is 1. The summed E-state index contributed by atoms with van der Waals surface area (Å²) in [5, 5.41) is 3.97. The molecule has 3 rings (SSSR count). The third-order valence-electron chi connectivity index (χ3n) is 4.46. The SMILES string of the molecule is NC1CCC(C(=O)NC(c2ccc(Cl)cc2)C2CC2)C1. The van der Waals surface area contributed by atoms with Crippen LogP contribution in [0.4, 0.5) is 0 Å². The molecule has 0 saturated heterocycles. The van der Waals surface area contributed by atoms with E-state index in [0.29, 0.717) is 5.92 Å². The summed E-state index contributed by atoms with van der Waals surface area (Å²) in [6.07, 6.45) is 5.09. The molecule has 0 radical (unpaired) electrons. The van der Waals surface area contributed by atoms with Gasteiger partial charge in [-0.15, -0.1) is 0 Å². The fourth-order valence-corrected chi connectivity index (χ4v) is 3.22. The van der Waals surface area contributed by atoms with Crippen LogP contribution >= 0.6 is 11.6 Å². The molecule has 2 saturated carbocycles. The van der Waals surface area contributed by atoms with Crippen molar-refractivity contribution in [2.45, 2.75) is 44.2 Å². The summed E-state index contributed by atoms with van der Waals surface area (Å²) >= 11 is 5.94. The number of hydrogen-bond donors (Lipinski definition) is 2. The first kappa shape index (κ1) is 13.9. The molecule has 3 N–H and O–H groups in total. The van der Waals surface area contributed by atoms with Gasteiger partial charge >= 0.3 is 0 Å². The standard InChI is InChI=1S/C16H21ClN2O/c17-13-6-3-11(4-7-13)15(10-1-2-10)19-16(20)12-5-8-14(18)9-12/h3-4,6-7,10,12,14-15H,1-2,5,8-9,18H2,(H,19,20). The Hall–Kier alpha value is -1.06. The monoisotopic (exact) mass is 292 g/mol.